The summed E-state index contributed by atoms with van der Waals surface area (Å²) in [6.45, 7) is 1.01. The molecule has 10 nitrogen and oxygen atoms in total. The zero-order valence-electron chi connectivity index (χ0n) is 21.1. The second-order valence-electron chi connectivity index (χ2n) is 9.54. The summed E-state index contributed by atoms with van der Waals surface area (Å²) in [7, 11) is 0. The number of carboxylic acids is 1. The monoisotopic (exact) mass is 549 g/mol. The van der Waals surface area contributed by atoms with E-state index >= 15 is 0 Å². The molecule has 2 aromatic rings. The Morgan fingerprint density at radius 3 is 2.31 bits per heavy atom. The van der Waals surface area contributed by atoms with E-state index in [4.69, 9.17) is 4.74 Å². The molecule has 39 heavy (non-hydrogen) atoms. The largest absolute Gasteiger partial charge is 0.477 e. The first kappa shape index (κ1) is 26.5. The van der Waals surface area contributed by atoms with Crippen LogP contribution >= 0.6 is 11.8 Å². The van der Waals surface area contributed by atoms with Crippen molar-refractivity contribution in [2.24, 2.45) is 5.92 Å². The van der Waals surface area contributed by atoms with Gasteiger partial charge in [0.2, 0.25) is 11.8 Å². The molecular formula is C28H27N3O7S. The van der Waals surface area contributed by atoms with Crippen LogP contribution in [0.25, 0.3) is 0 Å². The molecule has 2 N–H and O–H groups in total. The van der Waals surface area contributed by atoms with Crippen LogP contribution in [0.2, 0.25) is 0 Å². The van der Waals surface area contributed by atoms with Crippen LogP contribution in [-0.4, -0.2) is 63.4 Å². The van der Waals surface area contributed by atoms with Crippen molar-refractivity contribution in [2.45, 2.75) is 37.2 Å². The molecule has 2 saturated heterocycles. The highest BCUT2D eigenvalue weighted by Crippen LogP contribution is 2.45. The van der Waals surface area contributed by atoms with Crippen molar-refractivity contribution in [3.05, 3.63) is 77.5 Å². The fourth-order valence-corrected chi connectivity index (χ4v) is 6.58. The number of hydrogen-bond donors (Lipinski definition) is 2. The molecule has 11 heteroatoms. The highest BCUT2D eigenvalue weighted by molar-refractivity contribution is 8.00. The van der Waals surface area contributed by atoms with E-state index in [1.807, 2.05) is 60.7 Å². The molecule has 4 atom stereocenters. The van der Waals surface area contributed by atoms with Gasteiger partial charge in [0.15, 0.2) is 0 Å². The normalized spacial score (nSPS) is 23.9. The molecule has 3 aliphatic rings. The van der Waals surface area contributed by atoms with Gasteiger partial charge in [0, 0.05) is 30.4 Å². The summed E-state index contributed by atoms with van der Waals surface area (Å²) in [6, 6.07) is 18.0. The van der Waals surface area contributed by atoms with Crippen molar-refractivity contribution >= 4 is 47.1 Å². The molecule has 2 aromatic carbocycles. The summed E-state index contributed by atoms with van der Waals surface area (Å²) in [4.78, 5) is 64.8. The van der Waals surface area contributed by atoms with E-state index in [9.17, 15) is 29.1 Å². The number of hydrogen-bond acceptors (Lipinski definition) is 7. The van der Waals surface area contributed by atoms with Gasteiger partial charge in [-0.15, -0.1) is 11.8 Å². The Labute approximate surface area is 229 Å². The smallest absolute Gasteiger partial charge is 0.352 e. The maximum atomic E-state index is 13.2. The molecule has 2 fully saturated rings. The molecule has 3 amide bonds. The molecule has 3 heterocycles. The minimum Gasteiger partial charge on any atom is -0.477 e. The van der Waals surface area contributed by atoms with E-state index in [0.717, 1.165) is 16.2 Å². The fraction of sp³-hybridized carbons (Fsp3) is 0.321. The third-order valence-corrected chi connectivity index (χ3v) is 8.43. The lowest BCUT2D eigenvalue weighted by Gasteiger charge is -2.49. The minimum atomic E-state index is -1.29. The van der Waals surface area contributed by atoms with Gasteiger partial charge >= 0.3 is 11.9 Å². The van der Waals surface area contributed by atoms with E-state index in [0.29, 0.717) is 12.0 Å². The maximum Gasteiger partial charge on any atom is 0.352 e. The average molecular weight is 550 g/mol. The summed E-state index contributed by atoms with van der Waals surface area (Å²) in [5.41, 5.74) is 1.90. The number of benzene rings is 2. The highest BCUT2D eigenvalue weighted by atomic mass is 32.2. The van der Waals surface area contributed by atoms with Crippen molar-refractivity contribution < 1.29 is 33.8 Å². The van der Waals surface area contributed by atoms with Crippen molar-refractivity contribution in [3.8, 4) is 0 Å². The molecule has 0 aliphatic carbocycles. The quantitative estimate of drug-likeness (QED) is 0.360. The number of nitrogens with zero attached hydrogens (tertiary/aromatic N) is 2. The summed E-state index contributed by atoms with van der Waals surface area (Å²) in [6.07, 6.45) is 0.353. The van der Waals surface area contributed by atoms with Gasteiger partial charge in [-0.2, -0.15) is 0 Å². The fourth-order valence-electron chi connectivity index (χ4n) is 5.25. The number of carbonyl (C=O) groups excluding carboxylic acids is 4. The Balaban J connectivity index is 1.23. The molecule has 5 rings (SSSR count). The lowest BCUT2D eigenvalue weighted by Crippen LogP contribution is -2.70. The van der Waals surface area contributed by atoms with Gasteiger partial charge in [-0.3, -0.25) is 24.1 Å². The zero-order valence-corrected chi connectivity index (χ0v) is 21.9. The number of para-hydroxylation sites is 1. The Hall–Kier alpha value is -4.12. The molecule has 3 aliphatic heterocycles. The number of nitrogens with one attached hydrogen (secondary N) is 1. The number of amides is 3. The number of thioether (sulfide) groups is 1. The van der Waals surface area contributed by atoms with E-state index in [1.54, 1.807) is 4.90 Å². The third-order valence-electron chi connectivity index (χ3n) is 7.09. The number of carbonyl (C=O) groups is 5. The Morgan fingerprint density at radius 2 is 1.67 bits per heavy atom. The summed E-state index contributed by atoms with van der Waals surface area (Å²) in [5.74, 6) is -2.95. The number of carboxylic acid groups (broad SMARTS) is 1. The third kappa shape index (κ3) is 5.01. The number of anilines is 1. The molecule has 0 aromatic heterocycles. The SMILES string of the molecule is CC(=O)OCC1=C(C(=O)O)N2C(=O)[C@@H](NC(=O)CCC3C(=O)N(c4ccccc4)C3c3ccccc3)[C@H]2SC1. The van der Waals surface area contributed by atoms with Crippen molar-refractivity contribution in [1.29, 1.82) is 0 Å². The van der Waals surface area contributed by atoms with E-state index in [2.05, 4.69) is 5.32 Å². The van der Waals surface area contributed by atoms with Gasteiger partial charge in [0.1, 0.15) is 23.7 Å². The Bertz CT molecular complexity index is 1350. The summed E-state index contributed by atoms with van der Waals surface area (Å²) >= 11 is 1.30. The first-order valence-corrected chi connectivity index (χ1v) is 13.6. The highest BCUT2D eigenvalue weighted by Gasteiger charge is 2.54. The van der Waals surface area contributed by atoms with Gasteiger partial charge < -0.3 is 20.1 Å². The van der Waals surface area contributed by atoms with Crippen LogP contribution in [0.1, 0.15) is 31.4 Å². The second kappa shape index (κ2) is 10.9. The molecule has 0 saturated carbocycles. The first-order chi connectivity index (χ1) is 18.8. The van der Waals surface area contributed by atoms with Crippen LogP contribution in [0, 0.1) is 5.92 Å². The van der Waals surface area contributed by atoms with Crippen LogP contribution in [0.5, 0.6) is 0 Å². The van der Waals surface area contributed by atoms with Gasteiger partial charge in [0.25, 0.3) is 5.91 Å². The van der Waals surface area contributed by atoms with E-state index < -0.39 is 29.3 Å². The topological polar surface area (TPSA) is 133 Å². The Kier molecular flexibility index (Phi) is 7.42. The van der Waals surface area contributed by atoms with E-state index in [-0.39, 0.29) is 48.3 Å². The van der Waals surface area contributed by atoms with Crippen LogP contribution in [0.3, 0.4) is 0 Å². The van der Waals surface area contributed by atoms with Crippen LogP contribution < -0.4 is 10.2 Å². The van der Waals surface area contributed by atoms with Crippen molar-refractivity contribution in [2.75, 3.05) is 17.3 Å². The van der Waals surface area contributed by atoms with Crippen molar-refractivity contribution in [1.82, 2.24) is 10.2 Å². The summed E-state index contributed by atoms with van der Waals surface area (Å²) < 4.78 is 4.94. The number of ether oxygens (including phenoxy) is 1. The molecule has 0 spiro atoms. The van der Waals surface area contributed by atoms with Crippen LogP contribution in [0.4, 0.5) is 5.69 Å². The number of rotatable bonds is 9. The lowest BCUT2D eigenvalue weighted by atomic mass is 9.79. The van der Waals surface area contributed by atoms with Crippen LogP contribution in [-0.2, 0) is 28.7 Å². The van der Waals surface area contributed by atoms with Gasteiger partial charge in [0.05, 0.1) is 12.0 Å². The van der Waals surface area contributed by atoms with Gasteiger partial charge in [-0.1, -0.05) is 48.5 Å². The molecule has 2 unspecified atom stereocenters. The van der Waals surface area contributed by atoms with Gasteiger partial charge in [-0.05, 0) is 24.1 Å². The van der Waals surface area contributed by atoms with Gasteiger partial charge in [-0.25, -0.2) is 4.79 Å². The van der Waals surface area contributed by atoms with Crippen molar-refractivity contribution in [3.63, 3.8) is 0 Å². The second-order valence-corrected chi connectivity index (χ2v) is 10.6. The average Bonchev–Trinajstić information content (AvgIpc) is 2.93. The van der Waals surface area contributed by atoms with Crippen LogP contribution in [0.15, 0.2) is 71.9 Å². The molecule has 202 valence electrons. The maximum absolute atomic E-state index is 13.2. The molecular weight excluding hydrogens is 522 g/mol. The zero-order chi connectivity index (χ0) is 27.7. The first-order valence-electron chi connectivity index (χ1n) is 12.5. The predicted octanol–water partition coefficient (Wildman–Crippen LogP) is 2.47. The van der Waals surface area contributed by atoms with E-state index in [1.165, 1.54) is 18.7 Å². The standard InChI is InChI=1S/C28H27N3O7S/c1-16(32)38-14-18-15-39-27-22(26(35)31(27)24(18)28(36)37)29-21(33)13-12-20-23(17-8-4-2-5-9-17)30(25(20)34)19-10-6-3-7-11-19/h2-11,20,22-23,27H,12-15H2,1H3,(H,29,33)(H,36,37)/t20?,22-,23?,27-/m1/s1. The molecule has 0 bridgehead atoms. The minimum absolute atomic E-state index is 0.0445. The number of β-lactam (4-membered cyclic amide) rings is 2. The lowest BCUT2D eigenvalue weighted by molar-refractivity contribution is -0.151. The number of aliphatic carboxylic acids is 1. The Morgan fingerprint density at radius 1 is 1.00 bits per heavy atom. The molecule has 0 radical (unpaired) electrons. The summed E-state index contributed by atoms with van der Waals surface area (Å²) in [5, 5.41) is 11.8. The number of esters is 1. The predicted molar refractivity (Wildman–Crippen MR) is 142 cm³/mol. The number of fused-ring (bicyclic) bond motifs is 1.